The van der Waals surface area contributed by atoms with E-state index < -0.39 is 0 Å². The number of benzene rings is 18. The second-order valence-corrected chi connectivity index (χ2v) is 34.4. The van der Waals surface area contributed by atoms with E-state index in [-0.39, 0.29) is 10.8 Å². The van der Waals surface area contributed by atoms with Gasteiger partial charge in [0.15, 0.2) is 11.6 Å². The van der Waals surface area contributed by atoms with Gasteiger partial charge in [0.05, 0.1) is 55.5 Å². The van der Waals surface area contributed by atoms with E-state index in [2.05, 4.69) is 482 Å². The minimum atomic E-state index is -0.182. The zero-order valence-corrected chi connectivity index (χ0v) is 70.5. The molecule has 5 aromatic heterocycles. The van der Waals surface area contributed by atoms with E-state index in [1.54, 1.807) is 0 Å². The van der Waals surface area contributed by atoms with E-state index in [0.29, 0.717) is 11.9 Å². The van der Waals surface area contributed by atoms with Crippen molar-refractivity contribution >= 4 is 122 Å². The fourth-order valence-electron chi connectivity index (χ4n) is 20.5. The van der Waals surface area contributed by atoms with Crippen LogP contribution in [0, 0.1) is 0 Å². The SMILES string of the molecule is CC1(C)c2ccccc2-c2c(N(c3ccc(-c4ccccc4)cc3)c3nc(-n4c5ccccc5c5cc(-c6ccc7c(c6)c6ccccc6n7-c6ccccc6)ccc54)nc4ccccc34)cccc21.CC1(C)c2ccccc2-c2c(N(c3ccc(-c4ccccc4)cc3)c3nc(-n4c5ccccc5c5cc(-c6ccccc6)ccc54)nc4ccccc34)cccc21. The number of rotatable bonds is 13. The maximum atomic E-state index is 5.74. The summed E-state index contributed by atoms with van der Waals surface area (Å²) in [5.74, 6) is 2.88. The third-order valence-corrected chi connectivity index (χ3v) is 26.6. The molecule has 25 rings (SSSR count). The lowest BCUT2D eigenvalue weighted by molar-refractivity contribution is 0.660. The highest BCUT2D eigenvalue weighted by Gasteiger charge is 2.41. The van der Waals surface area contributed by atoms with Crippen LogP contribution in [0.3, 0.4) is 0 Å². The zero-order chi connectivity index (χ0) is 84.6. The lowest BCUT2D eigenvalue weighted by Crippen LogP contribution is -2.17. The first-order valence-corrected chi connectivity index (χ1v) is 43.7. The number of anilines is 6. The molecule has 0 radical (unpaired) electrons. The van der Waals surface area contributed by atoms with E-state index in [1.807, 2.05) is 0 Å². The monoisotopic (exact) mass is 1630 g/mol. The minimum Gasteiger partial charge on any atom is -0.309 e. The molecule has 0 bridgehead atoms. The standard InChI is InChI=1S/C65H45N5.C53H38N4/c1-65(2)54-26-13-9-24-50(54)62-55(65)27-17-31-61(62)69(47-36-32-43(33-37-47)42-18-5-3-6-19-42)63-51-25-10-14-28-56(51)66-64(67-63)70-58-30-16-12-23-49(58)53-41-45(35-39-60(53)70)44-34-38-59-52(40-44)48-22-11-15-29-57(48)68(59)46-20-7-4-8-21-46;1-53(2)44-23-12-9-21-41(44)50-45(53)24-15-27-49(50)56(39-31-28-37(29-32-39)35-16-5-3-6-17-35)51-42-22-10-13-25-46(42)54-52(55-51)57-47-26-14-11-20-40(47)43-34-38(30-33-48(43)57)36-18-7-4-8-19-36/h3-41H,1-2H3;3-34H,1-2H3. The van der Waals surface area contributed by atoms with E-state index >= 15 is 0 Å². The number of para-hydroxylation sites is 6. The maximum absolute atomic E-state index is 5.74. The fourth-order valence-corrected chi connectivity index (χ4v) is 20.5. The van der Waals surface area contributed by atoms with Crippen LogP contribution in [0.25, 0.3) is 172 Å². The van der Waals surface area contributed by atoms with Gasteiger partial charge in [-0.15, -0.1) is 0 Å². The van der Waals surface area contributed by atoms with Crippen LogP contribution >= 0.6 is 0 Å². The average molecular weight is 1630 g/mol. The Morgan fingerprint density at radius 1 is 0.213 bits per heavy atom. The van der Waals surface area contributed by atoms with Crippen LogP contribution in [0.4, 0.5) is 34.4 Å². The molecule has 0 amide bonds. The van der Waals surface area contributed by atoms with E-state index in [4.69, 9.17) is 19.9 Å². The van der Waals surface area contributed by atoms with Crippen molar-refractivity contribution in [2.45, 2.75) is 38.5 Å². The highest BCUT2D eigenvalue weighted by atomic mass is 15.3. The van der Waals surface area contributed by atoms with Crippen molar-refractivity contribution in [3.63, 3.8) is 0 Å². The summed E-state index contributed by atoms with van der Waals surface area (Å²) in [6.45, 7) is 9.36. The largest absolute Gasteiger partial charge is 0.309 e. The van der Waals surface area contributed by atoms with Gasteiger partial charge in [-0.25, -0.2) is 9.97 Å². The topological polar surface area (TPSA) is 72.8 Å². The Bertz CT molecular complexity index is 8310. The number of nitrogens with zero attached hydrogens (tertiary/aromatic N) is 9. The van der Waals surface area contributed by atoms with Crippen molar-refractivity contribution in [3.05, 3.63) is 453 Å². The lowest BCUT2D eigenvalue weighted by Gasteiger charge is -2.29. The number of hydrogen-bond acceptors (Lipinski definition) is 6. The third kappa shape index (κ3) is 12.1. The van der Waals surface area contributed by atoms with Crippen LogP contribution < -0.4 is 9.80 Å². The molecule has 0 N–H and O–H groups in total. The molecule has 600 valence electrons. The highest BCUT2D eigenvalue weighted by molar-refractivity contribution is 6.15. The van der Waals surface area contributed by atoms with E-state index in [9.17, 15) is 0 Å². The predicted molar refractivity (Wildman–Crippen MR) is 528 cm³/mol. The quantitative estimate of drug-likeness (QED) is 0.115. The molecule has 18 aromatic carbocycles. The first-order valence-electron chi connectivity index (χ1n) is 43.7. The maximum Gasteiger partial charge on any atom is 0.237 e. The number of hydrogen-bond donors (Lipinski definition) is 0. The zero-order valence-electron chi connectivity index (χ0n) is 70.5. The molecule has 127 heavy (non-hydrogen) atoms. The molecule has 23 aromatic rings. The molecule has 0 unspecified atom stereocenters. The first-order chi connectivity index (χ1) is 62.5. The van der Waals surface area contributed by atoms with Crippen molar-refractivity contribution in [1.29, 1.82) is 0 Å². The van der Waals surface area contributed by atoms with Gasteiger partial charge in [0, 0.05) is 82.1 Å². The molecule has 0 fully saturated rings. The molecule has 0 saturated carbocycles. The molecule has 5 heterocycles. The Labute approximate surface area is 736 Å². The van der Waals surface area contributed by atoms with Gasteiger partial charge in [0.2, 0.25) is 11.9 Å². The van der Waals surface area contributed by atoms with Crippen LogP contribution in [0.5, 0.6) is 0 Å². The number of aromatic nitrogens is 7. The Morgan fingerprint density at radius 3 is 0.913 bits per heavy atom. The van der Waals surface area contributed by atoms with Crippen LogP contribution in [-0.4, -0.2) is 33.6 Å². The molecular formula is C118H83N9. The van der Waals surface area contributed by atoms with Crippen LogP contribution in [0.2, 0.25) is 0 Å². The minimum absolute atomic E-state index is 0.161. The second kappa shape index (κ2) is 29.7. The fraction of sp³-hybridized carbons (Fsp3) is 0.0508. The summed E-state index contributed by atoms with van der Waals surface area (Å²) in [5.41, 5.74) is 33.0. The molecule has 9 heteroatoms. The first kappa shape index (κ1) is 74.5. The molecule has 2 aliphatic rings. The van der Waals surface area contributed by atoms with E-state index in [0.717, 1.165) is 117 Å². The van der Waals surface area contributed by atoms with Gasteiger partial charge in [-0.2, -0.15) is 9.97 Å². The predicted octanol–water partition coefficient (Wildman–Crippen LogP) is 30.8. The van der Waals surface area contributed by atoms with Crippen molar-refractivity contribution in [2.75, 3.05) is 9.80 Å². The smallest absolute Gasteiger partial charge is 0.237 e. The summed E-state index contributed by atoms with van der Waals surface area (Å²) in [7, 11) is 0. The molecule has 0 atom stereocenters. The van der Waals surface area contributed by atoms with Gasteiger partial charge in [-0.3, -0.25) is 18.9 Å². The van der Waals surface area contributed by atoms with Crippen molar-refractivity contribution in [1.82, 2.24) is 33.6 Å². The summed E-state index contributed by atoms with van der Waals surface area (Å²) in [6.07, 6.45) is 0. The van der Waals surface area contributed by atoms with Gasteiger partial charge in [0.1, 0.15) is 0 Å². The van der Waals surface area contributed by atoms with Gasteiger partial charge < -0.3 is 4.57 Å². The Balaban J connectivity index is 0.000000145. The molecule has 2 aliphatic carbocycles. The summed E-state index contributed by atoms with van der Waals surface area (Å²) in [5, 5.41) is 9.03. The van der Waals surface area contributed by atoms with Crippen LogP contribution in [-0.2, 0) is 10.8 Å². The lowest BCUT2D eigenvalue weighted by atomic mass is 9.82. The Morgan fingerprint density at radius 2 is 0.504 bits per heavy atom. The Kier molecular flexibility index (Phi) is 17.4. The van der Waals surface area contributed by atoms with Crippen molar-refractivity contribution in [3.8, 4) is 84.3 Å². The molecule has 0 saturated heterocycles. The normalized spacial score (nSPS) is 12.9. The highest BCUT2D eigenvalue weighted by Crippen LogP contribution is 2.57. The van der Waals surface area contributed by atoms with Crippen LogP contribution in [0.15, 0.2) is 431 Å². The Hall–Kier alpha value is -16.4. The van der Waals surface area contributed by atoms with Crippen molar-refractivity contribution < 1.29 is 0 Å². The average Bonchev–Trinajstić information content (AvgIpc) is 1.58. The van der Waals surface area contributed by atoms with Gasteiger partial charge in [-0.1, -0.05) is 331 Å². The van der Waals surface area contributed by atoms with Gasteiger partial charge in [0.25, 0.3) is 0 Å². The van der Waals surface area contributed by atoms with Crippen LogP contribution in [0.1, 0.15) is 49.9 Å². The molecular weight excluding hydrogens is 1540 g/mol. The molecule has 0 aliphatic heterocycles. The second-order valence-electron chi connectivity index (χ2n) is 34.4. The van der Waals surface area contributed by atoms with Gasteiger partial charge in [-0.05, 0) is 205 Å². The summed E-state index contributed by atoms with van der Waals surface area (Å²) < 4.78 is 6.86. The third-order valence-electron chi connectivity index (χ3n) is 26.6. The summed E-state index contributed by atoms with van der Waals surface area (Å²) in [4.78, 5) is 26.9. The van der Waals surface area contributed by atoms with E-state index in [1.165, 1.54) is 99.5 Å². The summed E-state index contributed by atoms with van der Waals surface area (Å²) >= 11 is 0. The molecule has 9 nitrogen and oxygen atoms in total. The van der Waals surface area contributed by atoms with Gasteiger partial charge >= 0.3 is 0 Å². The van der Waals surface area contributed by atoms with Crippen molar-refractivity contribution in [2.24, 2.45) is 0 Å². The number of fused-ring (bicyclic) bond motifs is 17. The summed E-state index contributed by atoms with van der Waals surface area (Å²) in [6, 6.07) is 155. The molecule has 0 spiro atoms.